The molecule has 2 atom stereocenters. The zero-order valence-electron chi connectivity index (χ0n) is 13.9. The molecule has 126 valence electrons. The Bertz CT molecular complexity index is 595. The second-order valence-electron chi connectivity index (χ2n) is 5.97. The van der Waals surface area contributed by atoms with Crippen LogP contribution >= 0.6 is 11.3 Å². The molecule has 0 amide bonds. The standard InChI is InChI=1S/C16H24N4O2S/c1-12(16-17-13(2)18-22-16)19(3)11-14(15-5-4-10-23-15)20-6-8-21-9-7-20/h4-5,10,12,14H,6-9,11H2,1-3H3. The van der Waals surface area contributed by atoms with Gasteiger partial charge in [0.25, 0.3) is 0 Å². The Kier molecular flexibility index (Phi) is 5.42. The normalized spacial score (nSPS) is 19.1. The molecule has 1 fully saturated rings. The van der Waals surface area contributed by atoms with Crippen LogP contribution in [0.3, 0.4) is 0 Å². The molecule has 1 saturated heterocycles. The zero-order valence-corrected chi connectivity index (χ0v) is 14.8. The molecular weight excluding hydrogens is 312 g/mol. The summed E-state index contributed by atoms with van der Waals surface area (Å²) in [5, 5.41) is 6.05. The Morgan fingerprint density at radius 3 is 2.78 bits per heavy atom. The Hall–Kier alpha value is -1.28. The van der Waals surface area contributed by atoms with Crippen molar-refractivity contribution in [2.45, 2.75) is 25.9 Å². The van der Waals surface area contributed by atoms with Crippen LogP contribution in [0.5, 0.6) is 0 Å². The van der Waals surface area contributed by atoms with Crippen molar-refractivity contribution in [3.63, 3.8) is 0 Å². The van der Waals surface area contributed by atoms with E-state index < -0.39 is 0 Å². The van der Waals surface area contributed by atoms with E-state index in [1.807, 2.05) is 18.3 Å². The van der Waals surface area contributed by atoms with E-state index in [0.717, 1.165) is 32.8 Å². The second-order valence-corrected chi connectivity index (χ2v) is 6.95. The summed E-state index contributed by atoms with van der Waals surface area (Å²) >= 11 is 1.82. The molecule has 0 bridgehead atoms. The average Bonchev–Trinajstić information content (AvgIpc) is 3.24. The van der Waals surface area contributed by atoms with E-state index in [1.165, 1.54) is 4.88 Å². The predicted molar refractivity (Wildman–Crippen MR) is 89.5 cm³/mol. The number of hydrogen-bond acceptors (Lipinski definition) is 7. The summed E-state index contributed by atoms with van der Waals surface area (Å²) in [5.74, 6) is 1.36. The Morgan fingerprint density at radius 2 is 2.17 bits per heavy atom. The van der Waals surface area contributed by atoms with Crippen LogP contribution in [-0.2, 0) is 4.74 Å². The third-order valence-corrected chi connectivity index (χ3v) is 5.35. The summed E-state index contributed by atoms with van der Waals surface area (Å²) in [5.41, 5.74) is 0. The molecule has 0 N–H and O–H groups in total. The molecule has 23 heavy (non-hydrogen) atoms. The lowest BCUT2D eigenvalue weighted by Gasteiger charge is -2.37. The molecule has 0 radical (unpaired) electrons. The van der Waals surface area contributed by atoms with Gasteiger partial charge in [0.15, 0.2) is 5.82 Å². The maximum Gasteiger partial charge on any atom is 0.243 e. The number of aromatic nitrogens is 2. The van der Waals surface area contributed by atoms with Gasteiger partial charge in [0.1, 0.15) is 0 Å². The number of morpholine rings is 1. The van der Waals surface area contributed by atoms with Gasteiger partial charge in [-0.3, -0.25) is 9.80 Å². The minimum atomic E-state index is 0.0969. The Labute approximate surface area is 141 Å². The van der Waals surface area contributed by atoms with E-state index in [9.17, 15) is 0 Å². The first kappa shape index (κ1) is 16.6. The van der Waals surface area contributed by atoms with Gasteiger partial charge in [-0.25, -0.2) is 0 Å². The molecule has 1 aliphatic heterocycles. The topological polar surface area (TPSA) is 54.6 Å². The highest BCUT2D eigenvalue weighted by molar-refractivity contribution is 7.10. The van der Waals surface area contributed by atoms with Crippen molar-refractivity contribution in [3.05, 3.63) is 34.1 Å². The summed E-state index contributed by atoms with van der Waals surface area (Å²) in [6.45, 7) is 8.45. The van der Waals surface area contributed by atoms with Gasteiger partial charge in [-0.15, -0.1) is 11.3 Å². The lowest BCUT2D eigenvalue weighted by molar-refractivity contribution is 0.00666. The first-order chi connectivity index (χ1) is 11.1. The zero-order chi connectivity index (χ0) is 16.2. The third kappa shape index (κ3) is 3.98. The van der Waals surface area contributed by atoms with Gasteiger partial charge >= 0.3 is 0 Å². The van der Waals surface area contributed by atoms with E-state index in [0.29, 0.717) is 17.8 Å². The average molecular weight is 336 g/mol. The summed E-state index contributed by atoms with van der Waals surface area (Å²) < 4.78 is 10.8. The smallest absolute Gasteiger partial charge is 0.243 e. The van der Waals surface area contributed by atoms with Crippen molar-refractivity contribution < 1.29 is 9.26 Å². The fourth-order valence-corrected chi connectivity index (χ4v) is 3.71. The van der Waals surface area contributed by atoms with Crippen LogP contribution in [0.2, 0.25) is 0 Å². The van der Waals surface area contributed by atoms with E-state index >= 15 is 0 Å². The quantitative estimate of drug-likeness (QED) is 0.808. The molecule has 7 heteroatoms. The van der Waals surface area contributed by atoms with Crippen LogP contribution in [-0.4, -0.2) is 59.8 Å². The number of likely N-dealkylation sites (N-methyl/N-ethyl adjacent to an activating group) is 1. The van der Waals surface area contributed by atoms with Gasteiger partial charge in [0.05, 0.1) is 25.3 Å². The fourth-order valence-electron chi connectivity index (χ4n) is 2.86. The summed E-state index contributed by atoms with van der Waals surface area (Å²) in [6.07, 6.45) is 0. The van der Waals surface area contributed by atoms with Crippen LogP contribution in [0, 0.1) is 6.92 Å². The number of ether oxygens (including phenoxy) is 1. The highest BCUT2D eigenvalue weighted by atomic mass is 32.1. The molecule has 3 heterocycles. The lowest BCUT2D eigenvalue weighted by Crippen LogP contribution is -2.43. The van der Waals surface area contributed by atoms with Gasteiger partial charge in [0.2, 0.25) is 5.89 Å². The number of nitrogens with zero attached hydrogens (tertiary/aromatic N) is 4. The first-order valence-corrected chi connectivity index (χ1v) is 8.88. The van der Waals surface area contributed by atoms with Crippen LogP contribution in [0.25, 0.3) is 0 Å². The number of rotatable bonds is 6. The summed E-state index contributed by atoms with van der Waals surface area (Å²) in [4.78, 5) is 10.6. The van der Waals surface area contributed by atoms with E-state index in [4.69, 9.17) is 9.26 Å². The van der Waals surface area contributed by atoms with Crippen molar-refractivity contribution >= 4 is 11.3 Å². The van der Waals surface area contributed by atoms with Gasteiger partial charge < -0.3 is 9.26 Å². The van der Waals surface area contributed by atoms with E-state index in [2.05, 4.69) is 51.4 Å². The van der Waals surface area contributed by atoms with Crippen molar-refractivity contribution in [1.82, 2.24) is 19.9 Å². The molecule has 0 aromatic carbocycles. The van der Waals surface area contributed by atoms with E-state index in [-0.39, 0.29) is 6.04 Å². The van der Waals surface area contributed by atoms with Crippen LogP contribution in [0.15, 0.2) is 22.0 Å². The molecule has 0 spiro atoms. The molecule has 6 nitrogen and oxygen atoms in total. The number of aryl methyl sites for hydroxylation is 1. The SMILES string of the molecule is Cc1noc(C(C)N(C)CC(c2cccs2)N2CCOCC2)n1. The van der Waals surface area contributed by atoms with Gasteiger partial charge in [-0.1, -0.05) is 11.2 Å². The molecule has 0 saturated carbocycles. The van der Waals surface area contributed by atoms with Crippen molar-refractivity contribution in [2.24, 2.45) is 0 Å². The second kappa shape index (κ2) is 7.53. The van der Waals surface area contributed by atoms with Gasteiger partial charge in [-0.05, 0) is 32.3 Å². The van der Waals surface area contributed by atoms with Crippen LogP contribution in [0.4, 0.5) is 0 Å². The molecule has 2 aromatic rings. The molecule has 0 aliphatic carbocycles. The van der Waals surface area contributed by atoms with Gasteiger partial charge in [-0.2, -0.15) is 4.98 Å². The largest absolute Gasteiger partial charge is 0.379 e. The third-order valence-electron chi connectivity index (χ3n) is 4.38. The fraction of sp³-hybridized carbons (Fsp3) is 0.625. The highest BCUT2D eigenvalue weighted by Crippen LogP contribution is 2.29. The Balaban J connectivity index is 1.72. The minimum Gasteiger partial charge on any atom is -0.379 e. The van der Waals surface area contributed by atoms with Crippen LogP contribution < -0.4 is 0 Å². The van der Waals surface area contributed by atoms with E-state index in [1.54, 1.807) is 0 Å². The monoisotopic (exact) mass is 336 g/mol. The lowest BCUT2D eigenvalue weighted by atomic mass is 10.1. The van der Waals surface area contributed by atoms with Crippen molar-refractivity contribution in [2.75, 3.05) is 39.9 Å². The number of thiophene rings is 1. The molecule has 2 unspecified atom stereocenters. The molecule has 3 rings (SSSR count). The maximum absolute atomic E-state index is 5.51. The number of hydrogen-bond donors (Lipinski definition) is 0. The first-order valence-electron chi connectivity index (χ1n) is 8.01. The molecule has 1 aliphatic rings. The maximum atomic E-state index is 5.51. The summed E-state index contributed by atoms with van der Waals surface area (Å²) in [6, 6.07) is 4.81. The minimum absolute atomic E-state index is 0.0969. The van der Waals surface area contributed by atoms with Crippen LogP contribution in [0.1, 0.15) is 35.6 Å². The Morgan fingerprint density at radius 1 is 1.39 bits per heavy atom. The predicted octanol–water partition coefficient (Wildman–Crippen LogP) is 2.51. The molecular formula is C16H24N4O2S. The highest BCUT2D eigenvalue weighted by Gasteiger charge is 2.27. The van der Waals surface area contributed by atoms with Gasteiger partial charge in [0, 0.05) is 24.5 Å². The van der Waals surface area contributed by atoms with Crippen molar-refractivity contribution in [1.29, 1.82) is 0 Å². The van der Waals surface area contributed by atoms with Crippen molar-refractivity contribution in [3.8, 4) is 0 Å². The summed E-state index contributed by atoms with van der Waals surface area (Å²) in [7, 11) is 2.12. The molecule has 2 aromatic heterocycles.